The molecular formula is C34H64NO6+. The smallest absolute Gasteiger partial charge is 0.311 e. The first-order valence-electron chi connectivity index (χ1n) is 16.7. The third-order valence-electron chi connectivity index (χ3n) is 8.39. The Kier molecular flexibility index (Phi) is 23.5. The summed E-state index contributed by atoms with van der Waals surface area (Å²) in [6.07, 6.45) is 27.2. The van der Waals surface area contributed by atoms with E-state index in [9.17, 15) is 29.7 Å². The normalized spacial score (nSPS) is 15.4. The number of carboxylic acid groups (broad SMARTS) is 3. The van der Waals surface area contributed by atoms with Gasteiger partial charge >= 0.3 is 17.9 Å². The van der Waals surface area contributed by atoms with Crippen LogP contribution in [0.4, 0.5) is 0 Å². The van der Waals surface area contributed by atoms with Crippen LogP contribution in [0.15, 0.2) is 12.2 Å². The molecule has 0 heterocycles. The lowest BCUT2D eigenvalue weighted by Crippen LogP contribution is -2.57. The van der Waals surface area contributed by atoms with E-state index in [1.807, 2.05) is 0 Å². The lowest BCUT2D eigenvalue weighted by atomic mass is 10.0. The van der Waals surface area contributed by atoms with Crippen LogP contribution in [-0.4, -0.2) is 63.9 Å². The average molecular weight is 583 g/mol. The van der Waals surface area contributed by atoms with Gasteiger partial charge in [0.25, 0.3) is 0 Å². The fourth-order valence-electron chi connectivity index (χ4n) is 5.88. The van der Waals surface area contributed by atoms with Crippen LogP contribution in [0.5, 0.6) is 0 Å². The molecule has 0 aliphatic carbocycles. The third kappa shape index (κ3) is 21.5. The zero-order chi connectivity index (χ0) is 30.9. The van der Waals surface area contributed by atoms with Gasteiger partial charge in [0.05, 0.1) is 26.2 Å². The lowest BCUT2D eigenvalue weighted by molar-refractivity contribution is -0.934. The van der Waals surface area contributed by atoms with Crippen molar-refractivity contribution in [3.05, 3.63) is 12.2 Å². The predicted molar refractivity (Wildman–Crippen MR) is 168 cm³/mol. The highest BCUT2D eigenvalue weighted by molar-refractivity contribution is 5.70. The van der Waals surface area contributed by atoms with Gasteiger partial charge in [0, 0.05) is 0 Å². The molecule has 0 aromatic carbocycles. The number of rotatable bonds is 29. The summed E-state index contributed by atoms with van der Waals surface area (Å²) in [5.74, 6) is -4.82. The van der Waals surface area contributed by atoms with Gasteiger partial charge in [-0.25, -0.2) is 0 Å². The van der Waals surface area contributed by atoms with Gasteiger partial charge in [-0.3, -0.25) is 14.4 Å². The van der Waals surface area contributed by atoms with Gasteiger partial charge in [-0.15, -0.1) is 0 Å². The second-order valence-electron chi connectivity index (χ2n) is 12.7. The summed E-state index contributed by atoms with van der Waals surface area (Å²) in [6, 6.07) is 0. The van der Waals surface area contributed by atoms with Crippen LogP contribution in [0.25, 0.3) is 0 Å². The zero-order valence-electron chi connectivity index (χ0n) is 27.0. The summed E-state index contributed by atoms with van der Waals surface area (Å²) < 4.78 is 0.220. The molecule has 0 fully saturated rings. The van der Waals surface area contributed by atoms with Crippen molar-refractivity contribution in [3.8, 4) is 0 Å². The molecule has 0 spiro atoms. The summed E-state index contributed by atoms with van der Waals surface area (Å²) in [6.45, 7) is 8.48. The van der Waals surface area contributed by atoms with Gasteiger partial charge in [0.2, 0.25) is 0 Å². The Morgan fingerprint density at radius 2 is 0.805 bits per heavy atom. The first-order chi connectivity index (χ1) is 19.5. The summed E-state index contributed by atoms with van der Waals surface area (Å²) in [7, 11) is 0. The molecule has 0 aromatic heterocycles. The Hall–Kier alpha value is -1.89. The van der Waals surface area contributed by atoms with Crippen molar-refractivity contribution in [1.82, 2.24) is 0 Å². The largest absolute Gasteiger partial charge is 0.481 e. The monoisotopic (exact) mass is 582 g/mol. The second-order valence-corrected chi connectivity index (χ2v) is 12.7. The number of carboxylic acids is 3. The van der Waals surface area contributed by atoms with Crippen molar-refractivity contribution < 1.29 is 34.2 Å². The van der Waals surface area contributed by atoms with E-state index in [0.29, 0.717) is 6.54 Å². The van der Waals surface area contributed by atoms with Crippen LogP contribution in [0, 0.1) is 17.8 Å². The van der Waals surface area contributed by atoms with Crippen LogP contribution >= 0.6 is 0 Å². The molecule has 3 unspecified atom stereocenters. The Bertz CT molecular complexity index is 667. The van der Waals surface area contributed by atoms with E-state index in [1.54, 1.807) is 20.8 Å². The maximum atomic E-state index is 11.6. The van der Waals surface area contributed by atoms with Crippen molar-refractivity contribution in [3.63, 3.8) is 0 Å². The van der Waals surface area contributed by atoms with E-state index in [2.05, 4.69) is 19.1 Å². The van der Waals surface area contributed by atoms with E-state index in [1.165, 1.54) is 83.5 Å². The molecule has 7 heteroatoms. The van der Waals surface area contributed by atoms with Gasteiger partial charge in [-0.1, -0.05) is 96.1 Å². The summed E-state index contributed by atoms with van der Waals surface area (Å²) in [5.41, 5.74) is 0. The Morgan fingerprint density at radius 3 is 1.12 bits per heavy atom. The van der Waals surface area contributed by atoms with Crippen molar-refractivity contribution >= 4 is 17.9 Å². The molecule has 41 heavy (non-hydrogen) atoms. The zero-order valence-corrected chi connectivity index (χ0v) is 27.0. The van der Waals surface area contributed by atoms with Crippen molar-refractivity contribution in [2.45, 2.75) is 143 Å². The van der Waals surface area contributed by atoms with Gasteiger partial charge in [0.1, 0.15) is 17.8 Å². The van der Waals surface area contributed by atoms with E-state index in [4.69, 9.17) is 0 Å². The van der Waals surface area contributed by atoms with Crippen LogP contribution in [0.3, 0.4) is 0 Å². The first kappa shape index (κ1) is 39.1. The van der Waals surface area contributed by atoms with E-state index >= 15 is 0 Å². The Balaban J connectivity index is 4.28. The summed E-state index contributed by atoms with van der Waals surface area (Å²) in [4.78, 5) is 34.9. The molecule has 3 atom stereocenters. The highest BCUT2D eigenvalue weighted by Crippen LogP contribution is 2.22. The SMILES string of the molecule is CCCCCCCCCCCC/C=C/CCCCCCCC[N+](CC(C)C(=O)O)(CC(C)C(=O)O)CC(C)C(=O)O. The number of unbranched alkanes of at least 4 members (excludes halogenated alkanes) is 16. The predicted octanol–water partition coefficient (Wildman–Crippen LogP) is 8.56. The van der Waals surface area contributed by atoms with Crippen LogP contribution in [-0.2, 0) is 14.4 Å². The number of aliphatic carboxylic acids is 3. The minimum atomic E-state index is -0.934. The van der Waals surface area contributed by atoms with Crippen molar-refractivity contribution in [1.29, 1.82) is 0 Å². The number of nitrogens with zero attached hydrogens (tertiary/aromatic N) is 1. The van der Waals surface area contributed by atoms with Crippen LogP contribution < -0.4 is 0 Å². The number of carbonyl (C=O) groups is 3. The fourth-order valence-corrected chi connectivity index (χ4v) is 5.88. The molecule has 0 bridgehead atoms. The maximum absolute atomic E-state index is 11.6. The molecule has 0 radical (unpaired) electrons. The lowest BCUT2D eigenvalue weighted by Gasteiger charge is -2.42. The standard InChI is InChI=1S/C34H63NO6/c1-5-6-7-8-9-10-11-12-13-14-15-16-17-18-19-20-21-22-23-24-25-35(26-29(2)32(36)37,27-30(3)33(38)39)28-31(4)34(40)41/h16-17,29-31H,5-15,18-28H2,1-4H3,(H2-,36,37,38,39,40,41)/p+1/b17-16+. The second kappa shape index (κ2) is 24.7. The fraction of sp³-hybridized carbons (Fsp3) is 0.853. The van der Waals surface area contributed by atoms with Gasteiger partial charge in [0.15, 0.2) is 0 Å². The number of hydrogen-bond acceptors (Lipinski definition) is 3. The quantitative estimate of drug-likeness (QED) is 0.0463. The summed E-state index contributed by atoms with van der Waals surface area (Å²) >= 11 is 0. The molecule has 240 valence electrons. The average Bonchev–Trinajstić information content (AvgIpc) is 2.91. The molecule has 0 aliphatic rings. The minimum absolute atomic E-state index is 0.220. The number of hydrogen-bond donors (Lipinski definition) is 3. The van der Waals surface area contributed by atoms with Gasteiger partial charge in [-0.2, -0.15) is 0 Å². The summed E-state index contributed by atoms with van der Waals surface area (Å²) in [5, 5.41) is 28.6. The van der Waals surface area contributed by atoms with Crippen LogP contribution in [0.1, 0.15) is 143 Å². The van der Waals surface area contributed by atoms with Crippen LogP contribution in [0.2, 0.25) is 0 Å². The Labute approximate surface area is 251 Å². The topological polar surface area (TPSA) is 112 Å². The van der Waals surface area contributed by atoms with E-state index in [0.717, 1.165) is 32.1 Å². The van der Waals surface area contributed by atoms with Gasteiger partial charge in [-0.05, 0) is 59.3 Å². The molecule has 0 amide bonds. The van der Waals surface area contributed by atoms with Crippen molar-refractivity contribution in [2.24, 2.45) is 17.8 Å². The molecule has 0 aromatic rings. The molecule has 7 nitrogen and oxygen atoms in total. The molecule has 0 aliphatic heterocycles. The van der Waals surface area contributed by atoms with E-state index < -0.39 is 35.7 Å². The molecular weight excluding hydrogens is 518 g/mol. The first-order valence-corrected chi connectivity index (χ1v) is 16.7. The number of allylic oxidation sites excluding steroid dienone is 2. The highest BCUT2D eigenvalue weighted by atomic mass is 16.4. The minimum Gasteiger partial charge on any atom is -0.481 e. The molecule has 0 saturated carbocycles. The third-order valence-corrected chi connectivity index (χ3v) is 8.39. The number of quaternary nitrogens is 1. The molecule has 0 rings (SSSR count). The van der Waals surface area contributed by atoms with Gasteiger partial charge < -0.3 is 19.8 Å². The van der Waals surface area contributed by atoms with Crippen molar-refractivity contribution in [2.75, 3.05) is 26.2 Å². The highest BCUT2D eigenvalue weighted by Gasteiger charge is 2.38. The maximum Gasteiger partial charge on any atom is 0.311 e. The molecule has 3 N–H and O–H groups in total. The Morgan fingerprint density at radius 1 is 0.512 bits per heavy atom. The van der Waals surface area contributed by atoms with E-state index in [-0.39, 0.29) is 24.1 Å². The molecule has 0 saturated heterocycles.